The van der Waals surface area contributed by atoms with Gasteiger partial charge in [0, 0.05) is 25.3 Å². The van der Waals surface area contributed by atoms with E-state index < -0.39 is 0 Å². The topological polar surface area (TPSA) is 29.5 Å². The third-order valence-electron chi connectivity index (χ3n) is 4.11. The number of hydrogen-bond donors (Lipinski definition) is 0. The molecule has 1 aliphatic heterocycles. The van der Waals surface area contributed by atoms with Crippen molar-refractivity contribution in [1.82, 2.24) is 4.90 Å². The molecule has 0 spiro atoms. The Bertz CT molecular complexity index is 680. The van der Waals surface area contributed by atoms with E-state index in [4.69, 9.17) is 4.74 Å². The van der Waals surface area contributed by atoms with Gasteiger partial charge in [-0.25, -0.2) is 8.78 Å². The summed E-state index contributed by atoms with van der Waals surface area (Å²) in [5.41, 5.74) is 1.27. The van der Waals surface area contributed by atoms with E-state index in [1.807, 2.05) is 0 Å². The molecule has 24 heavy (non-hydrogen) atoms. The van der Waals surface area contributed by atoms with E-state index in [1.165, 1.54) is 36.4 Å². The van der Waals surface area contributed by atoms with E-state index in [1.54, 1.807) is 17.0 Å². The summed E-state index contributed by atoms with van der Waals surface area (Å²) in [5.74, 6) is -0.875. The second-order valence-electron chi connectivity index (χ2n) is 5.95. The molecule has 0 aliphatic carbocycles. The molecule has 0 radical (unpaired) electrons. The summed E-state index contributed by atoms with van der Waals surface area (Å²) in [6.45, 7) is 1.53. The van der Waals surface area contributed by atoms with Crippen molar-refractivity contribution in [2.75, 3.05) is 13.2 Å². The highest BCUT2D eigenvalue weighted by Crippen LogP contribution is 2.18. The van der Waals surface area contributed by atoms with E-state index in [-0.39, 0.29) is 23.6 Å². The van der Waals surface area contributed by atoms with E-state index in [9.17, 15) is 13.6 Å². The molecule has 0 aromatic heterocycles. The largest absolute Gasteiger partial charge is 0.376 e. The van der Waals surface area contributed by atoms with E-state index in [0.29, 0.717) is 25.3 Å². The third kappa shape index (κ3) is 4.17. The van der Waals surface area contributed by atoms with Gasteiger partial charge in [0.25, 0.3) is 5.91 Å². The minimum atomic E-state index is -0.379. The Hall–Kier alpha value is -2.27. The van der Waals surface area contributed by atoms with Crippen molar-refractivity contribution in [1.29, 1.82) is 0 Å². The number of halogens is 2. The minimum Gasteiger partial charge on any atom is -0.376 e. The number of carbonyl (C=O) groups excluding carboxylic acids is 1. The fourth-order valence-electron chi connectivity index (χ4n) is 2.84. The maximum atomic E-state index is 13.1. The van der Waals surface area contributed by atoms with Crippen molar-refractivity contribution in [3.05, 3.63) is 71.3 Å². The van der Waals surface area contributed by atoms with Crippen molar-refractivity contribution in [2.24, 2.45) is 0 Å². The van der Waals surface area contributed by atoms with Crippen LogP contribution in [0.3, 0.4) is 0 Å². The average molecular weight is 331 g/mol. The first kappa shape index (κ1) is 16.6. The van der Waals surface area contributed by atoms with Crippen LogP contribution in [-0.2, 0) is 11.3 Å². The van der Waals surface area contributed by atoms with Crippen LogP contribution >= 0.6 is 0 Å². The fraction of sp³-hybridized carbons (Fsp3) is 0.316. The molecule has 1 atom stereocenters. The molecule has 1 fully saturated rings. The minimum absolute atomic E-state index is 0.00912. The summed E-state index contributed by atoms with van der Waals surface area (Å²) >= 11 is 0. The number of ether oxygens (including phenoxy) is 1. The van der Waals surface area contributed by atoms with Gasteiger partial charge >= 0.3 is 0 Å². The van der Waals surface area contributed by atoms with Gasteiger partial charge in [-0.15, -0.1) is 0 Å². The fourth-order valence-corrected chi connectivity index (χ4v) is 2.84. The van der Waals surface area contributed by atoms with Gasteiger partial charge < -0.3 is 9.64 Å². The maximum absolute atomic E-state index is 13.1. The monoisotopic (exact) mass is 331 g/mol. The van der Waals surface area contributed by atoms with Crippen LogP contribution in [0.25, 0.3) is 0 Å². The first-order chi connectivity index (χ1) is 11.6. The second kappa shape index (κ2) is 7.53. The van der Waals surface area contributed by atoms with Gasteiger partial charge in [-0.1, -0.05) is 12.1 Å². The molecule has 1 unspecified atom stereocenters. The van der Waals surface area contributed by atoms with E-state index in [0.717, 1.165) is 18.4 Å². The Morgan fingerprint density at radius 3 is 2.25 bits per heavy atom. The molecule has 2 aromatic carbocycles. The van der Waals surface area contributed by atoms with E-state index in [2.05, 4.69) is 0 Å². The number of benzene rings is 2. The van der Waals surface area contributed by atoms with Gasteiger partial charge in [-0.3, -0.25) is 4.79 Å². The van der Waals surface area contributed by atoms with Crippen LogP contribution in [0.1, 0.15) is 28.8 Å². The van der Waals surface area contributed by atoms with Crippen LogP contribution in [0.15, 0.2) is 48.5 Å². The first-order valence-electron chi connectivity index (χ1n) is 8.03. The van der Waals surface area contributed by atoms with Gasteiger partial charge in [0.05, 0.1) is 6.10 Å². The van der Waals surface area contributed by atoms with Gasteiger partial charge in [0.1, 0.15) is 11.6 Å². The lowest BCUT2D eigenvalue weighted by atomic mass is 10.1. The number of rotatable bonds is 5. The standard InChI is InChI=1S/C19H19F2NO2/c20-16-7-3-14(4-8-16)12-22(13-18-2-1-11-24-18)19(23)15-5-9-17(21)10-6-15/h3-10,18H,1-2,11-13H2. The summed E-state index contributed by atoms with van der Waals surface area (Å²) in [6.07, 6.45) is 1.91. The molecular weight excluding hydrogens is 312 g/mol. The summed E-state index contributed by atoms with van der Waals surface area (Å²) in [5, 5.41) is 0. The molecule has 1 saturated heterocycles. The highest BCUT2D eigenvalue weighted by molar-refractivity contribution is 5.94. The van der Waals surface area contributed by atoms with Crippen molar-refractivity contribution >= 4 is 5.91 Å². The third-order valence-corrected chi connectivity index (χ3v) is 4.11. The highest BCUT2D eigenvalue weighted by atomic mass is 19.1. The molecule has 3 rings (SSSR count). The Balaban J connectivity index is 1.78. The molecule has 1 aliphatic rings. The molecule has 1 heterocycles. The van der Waals surface area contributed by atoms with Crippen LogP contribution in [0.2, 0.25) is 0 Å². The van der Waals surface area contributed by atoms with Gasteiger partial charge in [-0.2, -0.15) is 0 Å². The van der Waals surface area contributed by atoms with Crippen molar-refractivity contribution in [3.8, 4) is 0 Å². The Labute approximate surface area is 139 Å². The predicted molar refractivity (Wildman–Crippen MR) is 86.5 cm³/mol. The first-order valence-corrected chi connectivity index (χ1v) is 8.03. The van der Waals surface area contributed by atoms with Crippen LogP contribution in [0, 0.1) is 11.6 Å². The maximum Gasteiger partial charge on any atom is 0.254 e. The smallest absolute Gasteiger partial charge is 0.254 e. The molecule has 126 valence electrons. The highest BCUT2D eigenvalue weighted by Gasteiger charge is 2.23. The zero-order valence-electron chi connectivity index (χ0n) is 13.3. The van der Waals surface area contributed by atoms with Crippen LogP contribution in [0.4, 0.5) is 8.78 Å². The van der Waals surface area contributed by atoms with Crippen LogP contribution in [-0.4, -0.2) is 30.1 Å². The lowest BCUT2D eigenvalue weighted by Crippen LogP contribution is -2.37. The molecular formula is C19H19F2NO2. The summed E-state index contributed by atoms with van der Waals surface area (Å²) in [7, 11) is 0. The summed E-state index contributed by atoms with van der Waals surface area (Å²) in [6, 6.07) is 11.6. The van der Waals surface area contributed by atoms with Gasteiger partial charge in [0.2, 0.25) is 0 Å². The summed E-state index contributed by atoms with van der Waals surface area (Å²) < 4.78 is 31.8. The van der Waals surface area contributed by atoms with Crippen LogP contribution in [0.5, 0.6) is 0 Å². The SMILES string of the molecule is O=C(c1ccc(F)cc1)N(Cc1ccc(F)cc1)CC1CCCO1. The Morgan fingerprint density at radius 1 is 1.04 bits per heavy atom. The number of carbonyl (C=O) groups is 1. The zero-order valence-corrected chi connectivity index (χ0v) is 13.3. The zero-order chi connectivity index (χ0) is 16.9. The average Bonchev–Trinajstić information content (AvgIpc) is 3.09. The Kier molecular flexibility index (Phi) is 5.20. The quantitative estimate of drug-likeness (QED) is 0.834. The van der Waals surface area contributed by atoms with Crippen LogP contribution < -0.4 is 0 Å². The number of nitrogens with zero attached hydrogens (tertiary/aromatic N) is 1. The lowest BCUT2D eigenvalue weighted by molar-refractivity contribution is 0.0507. The molecule has 1 amide bonds. The molecule has 0 N–H and O–H groups in total. The molecule has 0 bridgehead atoms. The molecule has 0 saturated carbocycles. The van der Waals surface area contributed by atoms with Crippen molar-refractivity contribution < 1.29 is 18.3 Å². The predicted octanol–water partition coefficient (Wildman–Crippen LogP) is 3.79. The number of hydrogen-bond acceptors (Lipinski definition) is 2. The van der Waals surface area contributed by atoms with Crippen molar-refractivity contribution in [2.45, 2.75) is 25.5 Å². The van der Waals surface area contributed by atoms with Crippen molar-refractivity contribution in [3.63, 3.8) is 0 Å². The molecule has 2 aromatic rings. The molecule has 3 nitrogen and oxygen atoms in total. The summed E-state index contributed by atoms with van der Waals surface area (Å²) in [4.78, 5) is 14.5. The normalized spacial score (nSPS) is 17.0. The molecule has 5 heteroatoms. The van der Waals surface area contributed by atoms with Gasteiger partial charge in [0.15, 0.2) is 0 Å². The number of amides is 1. The van der Waals surface area contributed by atoms with Gasteiger partial charge in [-0.05, 0) is 54.8 Å². The van der Waals surface area contributed by atoms with E-state index >= 15 is 0 Å². The lowest BCUT2D eigenvalue weighted by Gasteiger charge is -2.26. The second-order valence-corrected chi connectivity index (χ2v) is 5.95. The Morgan fingerprint density at radius 2 is 1.67 bits per heavy atom.